The zero-order chi connectivity index (χ0) is 25.0. The van der Waals surface area contributed by atoms with Crippen LogP contribution in [0.2, 0.25) is 0 Å². The highest BCUT2D eigenvalue weighted by atomic mass is 16.6. The molecule has 1 aliphatic heterocycles. The van der Waals surface area contributed by atoms with E-state index >= 15 is 0 Å². The van der Waals surface area contributed by atoms with Gasteiger partial charge in [-0.3, -0.25) is 19.7 Å². The van der Waals surface area contributed by atoms with Gasteiger partial charge in [-0.05, 0) is 49.3 Å². The Bertz CT molecular complexity index is 1140. The molecule has 2 aromatic carbocycles. The van der Waals surface area contributed by atoms with Gasteiger partial charge in [-0.2, -0.15) is 0 Å². The lowest BCUT2D eigenvalue weighted by molar-refractivity contribution is -0.384. The van der Waals surface area contributed by atoms with E-state index in [4.69, 9.17) is 4.74 Å². The molecule has 0 radical (unpaired) electrons. The van der Waals surface area contributed by atoms with Gasteiger partial charge in [0.1, 0.15) is 11.5 Å². The Balaban J connectivity index is 2.16. The molecule has 0 aromatic heterocycles. The number of Topliss-reactive ketones (excluding diaryl/α,β-unsaturated/α-hetero) is 1. The van der Waals surface area contributed by atoms with Crippen LogP contribution in [-0.4, -0.2) is 64.8 Å². The molecule has 0 spiro atoms. The number of hydrogen-bond acceptors (Lipinski definition) is 7. The van der Waals surface area contributed by atoms with Gasteiger partial charge in [-0.25, -0.2) is 0 Å². The van der Waals surface area contributed by atoms with Crippen molar-refractivity contribution in [1.29, 1.82) is 0 Å². The van der Waals surface area contributed by atoms with Crippen molar-refractivity contribution in [3.05, 3.63) is 74.8 Å². The first-order valence-corrected chi connectivity index (χ1v) is 11.1. The molecule has 9 nitrogen and oxygen atoms in total. The van der Waals surface area contributed by atoms with Crippen LogP contribution in [0.15, 0.2) is 48.0 Å². The van der Waals surface area contributed by atoms with Gasteiger partial charge in [0.15, 0.2) is 0 Å². The summed E-state index contributed by atoms with van der Waals surface area (Å²) in [5.74, 6) is -1.27. The van der Waals surface area contributed by atoms with Crippen LogP contribution < -0.4 is 4.74 Å². The number of amides is 1. The number of aliphatic hydroxyl groups excluding tert-OH is 1. The van der Waals surface area contributed by atoms with Crippen molar-refractivity contribution in [2.45, 2.75) is 26.8 Å². The summed E-state index contributed by atoms with van der Waals surface area (Å²) >= 11 is 0. The zero-order valence-electron chi connectivity index (χ0n) is 19.8. The topological polar surface area (TPSA) is 113 Å². The number of rotatable bonds is 9. The van der Waals surface area contributed by atoms with E-state index in [2.05, 4.69) is 4.90 Å². The summed E-state index contributed by atoms with van der Waals surface area (Å²) in [7, 11) is 1.53. The summed E-state index contributed by atoms with van der Waals surface area (Å²) in [5, 5.41) is 22.6. The Morgan fingerprint density at radius 3 is 2.47 bits per heavy atom. The molecule has 1 atom stereocenters. The smallest absolute Gasteiger partial charge is 0.295 e. The molecule has 0 bridgehead atoms. The molecule has 0 unspecified atom stereocenters. The van der Waals surface area contributed by atoms with Gasteiger partial charge < -0.3 is 19.6 Å². The molecule has 0 aliphatic carbocycles. The van der Waals surface area contributed by atoms with Crippen molar-refractivity contribution >= 4 is 23.1 Å². The normalized spacial score (nSPS) is 17.4. The lowest BCUT2D eigenvalue weighted by Crippen LogP contribution is -2.38. The number of likely N-dealkylation sites (N-methyl/N-ethyl adjacent to an activating group) is 1. The monoisotopic (exact) mass is 467 g/mol. The van der Waals surface area contributed by atoms with E-state index in [0.717, 1.165) is 18.7 Å². The van der Waals surface area contributed by atoms with Crippen LogP contribution in [0.1, 0.15) is 36.6 Å². The number of carbonyl (C=O) groups excluding carboxylic acids is 2. The van der Waals surface area contributed by atoms with Crippen LogP contribution in [-0.2, 0) is 9.59 Å². The lowest BCUT2D eigenvalue weighted by atomic mass is 9.94. The van der Waals surface area contributed by atoms with E-state index in [-0.39, 0.29) is 23.6 Å². The molecule has 1 amide bonds. The number of nitrogens with zero attached hydrogens (tertiary/aromatic N) is 3. The number of methoxy groups -OCH3 is 1. The minimum Gasteiger partial charge on any atom is -0.507 e. The second-order valence-electron chi connectivity index (χ2n) is 8.06. The molecule has 34 heavy (non-hydrogen) atoms. The highest BCUT2D eigenvalue weighted by Gasteiger charge is 2.46. The van der Waals surface area contributed by atoms with Gasteiger partial charge in [0.05, 0.1) is 23.6 Å². The Kier molecular flexibility index (Phi) is 7.68. The summed E-state index contributed by atoms with van der Waals surface area (Å²) < 4.78 is 5.27. The molecule has 1 saturated heterocycles. The summed E-state index contributed by atoms with van der Waals surface area (Å²) in [4.78, 5) is 40.6. The maximum absolute atomic E-state index is 13.1. The Morgan fingerprint density at radius 2 is 1.88 bits per heavy atom. The van der Waals surface area contributed by atoms with Crippen LogP contribution >= 0.6 is 0 Å². The zero-order valence-corrected chi connectivity index (χ0v) is 19.8. The van der Waals surface area contributed by atoms with Crippen molar-refractivity contribution in [2.75, 3.05) is 33.3 Å². The highest BCUT2D eigenvalue weighted by Crippen LogP contribution is 2.40. The predicted molar refractivity (Wildman–Crippen MR) is 128 cm³/mol. The molecular weight excluding hydrogens is 438 g/mol. The van der Waals surface area contributed by atoms with Crippen LogP contribution in [0.4, 0.5) is 5.69 Å². The number of aliphatic hydroxyl groups is 1. The average Bonchev–Trinajstić information content (AvgIpc) is 3.09. The lowest BCUT2D eigenvalue weighted by Gasteiger charge is -2.28. The molecule has 1 N–H and O–H groups in total. The van der Waals surface area contributed by atoms with Gasteiger partial charge in [0.2, 0.25) is 0 Å². The summed E-state index contributed by atoms with van der Waals surface area (Å²) in [6.45, 7) is 8.10. The number of nitro benzene ring substituents is 1. The standard InChI is InChI=1S/C25H29N3O6/c1-5-26(6-2)12-13-27-22(17-8-7-9-19(15-17)28(32)33)21(24(30)25(27)31)23(29)18-10-11-20(34-4)16(3)14-18/h7-11,14-15,22,29H,5-6,12-13H2,1-4H3/b23-21+/t22-/m1/s1. The van der Waals surface area contributed by atoms with Gasteiger partial charge in [-0.15, -0.1) is 0 Å². The maximum Gasteiger partial charge on any atom is 0.295 e. The maximum atomic E-state index is 13.1. The third-order valence-electron chi connectivity index (χ3n) is 6.16. The third-order valence-corrected chi connectivity index (χ3v) is 6.16. The first-order valence-electron chi connectivity index (χ1n) is 11.1. The molecule has 1 aliphatic rings. The van der Waals surface area contributed by atoms with Crippen LogP contribution in [0.25, 0.3) is 5.76 Å². The minimum atomic E-state index is -0.946. The van der Waals surface area contributed by atoms with Gasteiger partial charge >= 0.3 is 0 Å². The number of ketones is 1. The molecule has 9 heteroatoms. The molecule has 0 saturated carbocycles. The molecule has 180 valence electrons. The van der Waals surface area contributed by atoms with Gasteiger partial charge in [-0.1, -0.05) is 26.0 Å². The van der Waals surface area contributed by atoms with Gasteiger partial charge in [0, 0.05) is 30.8 Å². The first-order chi connectivity index (χ1) is 16.2. The molecular formula is C25H29N3O6. The predicted octanol–water partition coefficient (Wildman–Crippen LogP) is 3.68. The molecule has 1 heterocycles. The summed E-state index contributed by atoms with van der Waals surface area (Å²) in [6, 6.07) is 9.82. The number of hydrogen-bond donors (Lipinski definition) is 1. The quantitative estimate of drug-likeness (QED) is 0.197. The van der Waals surface area contributed by atoms with E-state index in [1.54, 1.807) is 31.2 Å². The van der Waals surface area contributed by atoms with Crippen molar-refractivity contribution in [1.82, 2.24) is 9.80 Å². The van der Waals surface area contributed by atoms with E-state index < -0.39 is 22.7 Å². The van der Waals surface area contributed by atoms with Crippen LogP contribution in [0.5, 0.6) is 5.75 Å². The third kappa shape index (κ3) is 4.79. The van der Waals surface area contributed by atoms with Crippen LogP contribution in [0, 0.1) is 17.0 Å². The number of carbonyl (C=O) groups is 2. The number of likely N-dealkylation sites (tertiary alicyclic amines) is 1. The van der Waals surface area contributed by atoms with Crippen molar-refractivity contribution in [3.63, 3.8) is 0 Å². The number of aryl methyl sites for hydroxylation is 1. The number of nitro groups is 1. The van der Waals surface area contributed by atoms with Crippen molar-refractivity contribution in [3.8, 4) is 5.75 Å². The van der Waals surface area contributed by atoms with Gasteiger partial charge in [0.25, 0.3) is 17.4 Å². The van der Waals surface area contributed by atoms with Crippen molar-refractivity contribution < 1.29 is 24.4 Å². The number of benzene rings is 2. The van der Waals surface area contributed by atoms with E-state index in [1.807, 2.05) is 13.8 Å². The average molecular weight is 468 g/mol. The van der Waals surface area contributed by atoms with Crippen LogP contribution in [0.3, 0.4) is 0 Å². The summed E-state index contributed by atoms with van der Waals surface area (Å²) in [6.07, 6.45) is 0. The highest BCUT2D eigenvalue weighted by molar-refractivity contribution is 6.46. The summed E-state index contributed by atoms with van der Waals surface area (Å²) in [5.41, 5.74) is 1.24. The second-order valence-corrected chi connectivity index (χ2v) is 8.06. The molecule has 2 aromatic rings. The Labute approximate surface area is 198 Å². The molecule has 1 fully saturated rings. The fraction of sp³-hybridized carbons (Fsp3) is 0.360. The fourth-order valence-electron chi connectivity index (χ4n) is 4.24. The Morgan fingerprint density at radius 1 is 1.18 bits per heavy atom. The number of ether oxygens (including phenoxy) is 1. The second kappa shape index (κ2) is 10.5. The SMILES string of the molecule is CCN(CC)CCN1C(=O)C(=O)/C(=C(/O)c2ccc(OC)c(C)c2)[C@H]1c1cccc([N+](=O)[O-])c1. The van der Waals surface area contributed by atoms with Crippen molar-refractivity contribution in [2.24, 2.45) is 0 Å². The largest absolute Gasteiger partial charge is 0.507 e. The van der Waals surface area contributed by atoms with E-state index in [1.165, 1.54) is 30.2 Å². The van der Waals surface area contributed by atoms with E-state index in [9.17, 15) is 24.8 Å². The Hall–Kier alpha value is -3.72. The molecule has 3 rings (SSSR count). The van der Waals surface area contributed by atoms with E-state index in [0.29, 0.717) is 23.4 Å². The first kappa shape index (κ1) is 24.9. The fourth-order valence-corrected chi connectivity index (χ4v) is 4.24. The minimum absolute atomic E-state index is 0.0883. The number of non-ortho nitro benzene ring substituents is 1.